The summed E-state index contributed by atoms with van der Waals surface area (Å²) in [4.78, 5) is 0.233. The number of rotatable bonds is 4. The lowest BCUT2D eigenvalue weighted by Crippen LogP contribution is -2.23. The molecule has 0 heterocycles. The van der Waals surface area contributed by atoms with Crippen molar-refractivity contribution in [3.05, 3.63) is 76.5 Å². The van der Waals surface area contributed by atoms with Crippen LogP contribution in [0.4, 0.5) is 4.39 Å². The molecule has 0 spiro atoms. The van der Waals surface area contributed by atoms with E-state index in [4.69, 9.17) is 0 Å². The lowest BCUT2D eigenvalue weighted by atomic mass is 10.1. The fraction of sp³-hybridized carbons (Fsp3) is 0.0588. The van der Waals surface area contributed by atoms with Gasteiger partial charge in [0.1, 0.15) is 5.82 Å². The molecular formula is C17H13BrFNO2S. The van der Waals surface area contributed by atoms with Gasteiger partial charge in [-0.2, -0.15) is 0 Å². The van der Waals surface area contributed by atoms with Gasteiger partial charge in [-0.25, -0.2) is 17.5 Å². The Morgan fingerprint density at radius 1 is 1.00 bits per heavy atom. The average molecular weight is 394 g/mol. The highest BCUT2D eigenvalue weighted by Gasteiger charge is 2.16. The molecule has 6 heteroatoms. The topological polar surface area (TPSA) is 46.2 Å². The van der Waals surface area contributed by atoms with Crippen molar-refractivity contribution in [1.82, 2.24) is 4.72 Å². The van der Waals surface area contributed by atoms with Gasteiger partial charge in [0.15, 0.2) is 0 Å². The molecule has 0 aliphatic rings. The normalized spacial score (nSPS) is 11.7. The van der Waals surface area contributed by atoms with Crippen LogP contribution in [-0.2, 0) is 16.6 Å². The zero-order chi connectivity index (χ0) is 16.4. The van der Waals surface area contributed by atoms with Crippen LogP contribution in [0.15, 0.2) is 70.0 Å². The summed E-state index contributed by atoms with van der Waals surface area (Å²) in [5.41, 5.74) is 0.669. The van der Waals surface area contributed by atoms with Crippen LogP contribution in [0.2, 0.25) is 0 Å². The molecule has 3 aromatic carbocycles. The molecule has 118 valence electrons. The number of hydrogen-bond donors (Lipinski definition) is 1. The standard InChI is InChI=1S/C17H13BrFNO2S/c18-15-10-12(8-9-16(15)19)11-20-23(21,22)17-7-3-5-13-4-1-2-6-14(13)17/h1-10,20H,11H2. The van der Waals surface area contributed by atoms with E-state index < -0.39 is 10.0 Å². The molecular weight excluding hydrogens is 381 g/mol. The third kappa shape index (κ3) is 3.44. The molecule has 0 aliphatic heterocycles. The van der Waals surface area contributed by atoms with Gasteiger partial charge in [-0.05, 0) is 45.1 Å². The van der Waals surface area contributed by atoms with Crippen molar-refractivity contribution in [2.45, 2.75) is 11.4 Å². The molecule has 23 heavy (non-hydrogen) atoms. The molecule has 0 aromatic heterocycles. The van der Waals surface area contributed by atoms with Gasteiger partial charge in [-0.1, -0.05) is 42.5 Å². The zero-order valence-electron chi connectivity index (χ0n) is 12.0. The van der Waals surface area contributed by atoms with Crippen molar-refractivity contribution in [1.29, 1.82) is 0 Å². The molecule has 3 nitrogen and oxygen atoms in total. The highest BCUT2D eigenvalue weighted by Crippen LogP contribution is 2.23. The van der Waals surface area contributed by atoms with Gasteiger partial charge < -0.3 is 0 Å². The summed E-state index contributed by atoms with van der Waals surface area (Å²) >= 11 is 3.09. The highest BCUT2D eigenvalue weighted by molar-refractivity contribution is 9.10. The van der Waals surface area contributed by atoms with Crippen LogP contribution >= 0.6 is 15.9 Å². The summed E-state index contributed by atoms with van der Waals surface area (Å²) in [6.45, 7) is 0.0877. The second-order valence-corrected chi connectivity index (χ2v) is 7.64. The second kappa shape index (κ2) is 6.39. The number of fused-ring (bicyclic) bond motifs is 1. The van der Waals surface area contributed by atoms with Crippen molar-refractivity contribution in [2.75, 3.05) is 0 Å². The Morgan fingerprint density at radius 2 is 1.74 bits per heavy atom. The maximum atomic E-state index is 13.2. The zero-order valence-corrected chi connectivity index (χ0v) is 14.4. The molecule has 0 fully saturated rings. The van der Waals surface area contributed by atoms with Crippen LogP contribution in [0, 0.1) is 5.82 Å². The first-order valence-corrected chi connectivity index (χ1v) is 9.16. The van der Waals surface area contributed by atoms with E-state index in [1.165, 1.54) is 6.07 Å². The van der Waals surface area contributed by atoms with Gasteiger partial charge in [0.05, 0.1) is 9.37 Å². The fourth-order valence-electron chi connectivity index (χ4n) is 2.34. The monoisotopic (exact) mass is 393 g/mol. The molecule has 0 bridgehead atoms. The first-order valence-electron chi connectivity index (χ1n) is 6.89. The van der Waals surface area contributed by atoms with E-state index in [0.29, 0.717) is 15.4 Å². The van der Waals surface area contributed by atoms with Crippen molar-refractivity contribution in [3.8, 4) is 0 Å². The number of nitrogens with one attached hydrogen (secondary N) is 1. The van der Waals surface area contributed by atoms with Crippen molar-refractivity contribution in [3.63, 3.8) is 0 Å². The Morgan fingerprint density at radius 3 is 2.52 bits per heavy atom. The summed E-state index contributed by atoms with van der Waals surface area (Å²) in [5, 5.41) is 1.53. The molecule has 0 radical (unpaired) electrons. The molecule has 0 atom stereocenters. The molecule has 0 aliphatic carbocycles. The summed E-state index contributed by atoms with van der Waals surface area (Å²) in [6.07, 6.45) is 0. The average Bonchev–Trinajstić information content (AvgIpc) is 2.55. The van der Waals surface area contributed by atoms with E-state index in [0.717, 1.165) is 5.39 Å². The van der Waals surface area contributed by atoms with Gasteiger partial charge in [0, 0.05) is 11.9 Å². The Bertz CT molecular complexity index is 968. The van der Waals surface area contributed by atoms with E-state index in [-0.39, 0.29) is 17.3 Å². The van der Waals surface area contributed by atoms with Crippen LogP contribution in [0.25, 0.3) is 10.8 Å². The first kappa shape index (κ1) is 16.1. The van der Waals surface area contributed by atoms with E-state index in [1.807, 2.05) is 18.2 Å². The van der Waals surface area contributed by atoms with Crippen LogP contribution in [0.3, 0.4) is 0 Å². The predicted octanol–water partition coefficient (Wildman–Crippen LogP) is 4.22. The molecule has 0 saturated heterocycles. The van der Waals surface area contributed by atoms with Gasteiger partial charge in [0.2, 0.25) is 10.0 Å². The largest absolute Gasteiger partial charge is 0.241 e. The molecule has 3 rings (SSSR count). The Hall–Kier alpha value is -1.76. The predicted molar refractivity (Wildman–Crippen MR) is 92.1 cm³/mol. The SMILES string of the molecule is O=S(=O)(NCc1ccc(F)c(Br)c1)c1cccc2ccccc12. The third-order valence-corrected chi connectivity index (χ3v) is 5.56. The minimum absolute atomic E-state index is 0.0877. The van der Waals surface area contributed by atoms with Crippen LogP contribution in [0.1, 0.15) is 5.56 Å². The second-order valence-electron chi connectivity index (χ2n) is 5.05. The smallest absolute Gasteiger partial charge is 0.207 e. The van der Waals surface area contributed by atoms with Gasteiger partial charge in [0.25, 0.3) is 0 Å². The Kier molecular flexibility index (Phi) is 4.48. The summed E-state index contributed by atoms with van der Waals surface area (Å²) in [6, 6.07) is 16.9. The van der Waals surface area contributed by atoms with Gasteiger partial charge in [-0.15, -0.1) is 0 Å². The van der Waals surface area contributed by atoms with E-state index in [2.05, 4.69) is 20.7 Å². The number of benzene rings is 3. The minimum atomic E-state index is -3.67. The third-order valence-electron chi connectivity index (χ3n) is 3.49. The minimum Gasteiger partial charge on any atom is -0.207 e. The maximum Gasteiger partial charge on any atom is 0.241 e. The summed E-state index contributed by atoms with van der Waals surface area (Å²) in [7, 11) is -3.67. The fourth-order valence-corrected chi connectivity index (χ4v) is 4.01. The molecule has 1 N–H and O–H groups in total. The van der Waals surface area contributed by atoms with E-state index in [9.17, 15) is 12.8 Å². The summed E-state index contributed by atoms with van der Waals surface area (Å²) in [5.74, 6) is -0.384. The maximum absolute atomic E-state index is 13.2. The Balaban J connectivity index is 1.90. The van der Waals surface area contributed by atoms with Crippen molar-refractivity contribution >= 4 is 36.7 Å². The molecule has 0 unspecified atom stereocenters. The number of halogens is 2. The number of hydrogen-bond acceptors (Lipinski definition) is 2. The first-order chi connectivity index (χ1) is 11.0. The van der Waals surface area contributed by atoms with Crippen molar-refractivity contribution in [2.24, 2.45) is 0 Å². The van der Waals surface area contributed by atoms with Gasteiger partial charge >= 0.3 is 0 Å². The lowest BCUT2D eigenvalue weighted by Gasteiger charge is -2.10. The molecule has 0 amide bonds. The number of sulfonamides is 1. The quantitative estimate of drug-likeness (QED) is 0.720. The lowest BCUT2D eigenvalue weighted by molar-refractivity contribution is 0.582. The van der Waals surface area contributed by atoms with Crippen molar-refractivity contribution < 1.29 is 12.8 Å². The summed E-state index contributed by atoms with van der Waals surface area (Å²) < 4.78 is 41.2. The van der Waals surface area contributed by atoms with E-state index >= 15 is 0 Å². The highest BCUT2D eigenvalue weighted by atomic mass is 79.9. The van der Waals surface area contributed by atoms with Crippen LogP contribution < -0.4 is 4.72 Å². The van der Waals surface area contributed by atoms with Crippen LogP contribution in [0.5, 0.6) is 0 Å². The molecule has 3 aromatic rings. The van der Waals surface area contributed by atoms with Crippen LogP contribution in [-0.4, -0.2) is 8.42 Å². The van der Waals surface area contributed by atoms with E-state index in [1.54, 1.807) is 36.4 Å². The Labute approximate surface area is 142 Å². The van der Waals surface area contributed by atoms with Gasteiger partial charge in [-0.3, -0.25) is 0 Å². The molecule has 0 saturated carbocycles.